The largest absolute Gasteiger partial charge is 0.368 e. The maximum Gasteiger partial charge on any atom is 0.123 e. The number of nitrogens with zero attached hydrogens (tertiary/aromatic N) is 2. The molecule has 0 aromatic heterocycles. The van der Waals surface area contributed by atoms with Crippen LogP contribution in [0.4, 0.5) is 10.1 Å². The van der Waals surface area contributed by atoms with Gasteiger partial charge in [0.2, 0.25) is 0 Å². The molecule has 2 aromatic carbocycles. The van der Waals surface area contributed by atoms with Gasteiger partial charge in [0, 0.05) is 42.4 Å². The van der Waals surface area contributed by atoms with Crippen molar-refractivity contribution in [3.8, 4) is 0 Å². The van der Waals surface area contributed by atoms with E-state index in [-0.39, 0.29) is 5.82 Å². The van der Waals surface area contributed by atoms with E-state index >= 15 is 0 Å². The maximum atomic E-state index is 13.0. The number of likely N-dealkylation sites (tertiary alicyclic amines) is 1. The summed E-state index contributed by atoms with van der Waals surface area (Å²) < 4.78 is 14.2. The van der Waals surface area contributed by atoms with Crippen molar-refractivity contribution in [3.63, 3.8) is 0 Å². The standard InChI is InChI=1S/C20H22BrFN2/c21-17-4-3-16-7-12-24(20(16)13-17)19-8-10-23(11-9-19)14-15-1-5-18(22)6-2-15/h1-6,13,19H,7-12,14H2. The van der Waals surface area contributed by atoms with Crippen molar-refractivity contribution in [3.05, 3.63) is 63.9 Å². The molecule has 0 spiro atoms. The minimum absolute atomic E-state index is 0.156. The van der Waals surface area contributed by atoms with Crippen molar-refractivity contribution < 1.29 is 4.39 Å². The fourth-order valence-corrected chi connectivity index (χ4v) is 4.34. The molecule has 2 aliphatic heterocycles. The first-order valence-corrected chi connectivity index (χ1v) is 9.50. The molecular weight excluding hydrogens is 367 g/mol. The zero-order chi connectivity index (χ0) is 16.5. The molecule has 4 heteroatoms. The van der Waals surface area contributed by atoms with E-state index in [0.717, 1.165) is 26.2 Å². The number of piperidine rings is 1. The van der Waals surface area contributed by atoms with E-state index in [2.05, 4.69) is 43.9 Å². The summed E-state index contributed by atoms with van der Waals surface area (Å²) in [6, 6.07) is 14.2. The van der Waals surface area contributed by atoms with Gasteiger partial charge in [0.05, 0.1) is 0 Å². The predicted octanol–water partition coefficient (Wildman–Crippen LogP) is 4.62. The van der Waals surface area contributed by atoms with Gasteiger partial charge in [-0.15, -0.1) is 0 Å². The highest BCUT2D eigenvalue weighted by Gasteiger charge is 2.29. The van der Waals surface area contributed by atoms with Crippen LogP contribution in [0.15, 0.2) is 46.9 Å². The third-order valence-electron chi connectivity index (χ3n) is 5.30. The van der Waals surface area contributed by atoms with Gasteiger partial charge in [0.25, 0.3) is 0 Å². The van der Waals surface area contributed by atoms with E-state index in [4.69, 9.17) is 0 Å². The van der Waals surface area contributed by atoms with Gasteiger partial charge in [0.1, 0.15) is 5.82 Å². The van der Waals surface area contributed by atoms with Gasteiger partial charge in [-0.25, -0.2) is 4.39 Å². The molecule has 1 saturated heterocycles. The van der Waals surface area contributed by atoms with Crippen LogP contribution in [0.5, 0.6) is 0 Å². The fraction of sp³-hybridized carbons (Fsp3) is 0.400. The Balaban J connectivity index is 1.37. The van der Waals surface area contributed by atoms with Crippen molar-refractivity contribution in [2.45, 2.75) is 31.8 Å². The molecule has 0 radical (unpaired) electrons. The summed E-state index contributed by atoms with van der Waals surface area (Å²) in [5.74, 6) is -0.156. The lowest BCUT2D eigenvalue weighted by Crippen LogP contribution is -2.44. The monoisotopic (exact) mass is 388 g/mol. The highest BCUT2D eigenvalue weighted by atomic mass is 79.9. The van der Waals surface area contributed by atoms with E-state index in [1.54, 1.807) is 12.1 Å². The molecule has 1 fully saturated rings. The molecule has 4 rings (SSSR count). The Bertz CT molecular complexity index is 708. The molecule has 0 aliphatic carbocycles. The summed E-state index contributed by atoms with van der Waals surface area (Å²) in [6.07, 6.45) is 3.57. The van der Waals surface area contributed by atoms with Crippen LogP contribution in [-0.4, -0.2) is 30.6 Å². The molecule has 0 saturated carbocycles. The summed E-state index contributed by atoms with van der Waals surface area (Å²) >= 11 is 3.61. The minimum Gasteiger partial charge on any atom is -0.368 e. The second-order valence-electron chi connectivity index (χ2n) is 6.85. The van der Waals surface area contributed by atoms with E-state index in [1.165, 1.54) is 40.5 Å². The molecule has 0 unspecified atom stereocenters. The average molecular weight is 389 g/mol. The molecule has 0 N–H and O–H groups in total. The number of rotatable bonds is 3. The van der Waals surface area contributed by atoms with Crippen molar-refractivity contribution in [2.24, 2.45) is 0 Å². The predicted molar refractivity (Wildman–Crippen MR) is 99.9 cm³/mol. The van der Waals surface area contributed by atoms with Crippen molar-refractivity contribution >= 4 is 21.6 Å². The summed E-state index contributed by atoms with van der Waals surface area (Å²) in [4.78, 5) is 5.09. The van der Waals surface area contributed by atoms with Gasteiger partial charge in [-0.05, 0) is 54.7 Å². The van der Waals surface area contributed by atoms with Gasteiger partial charge in [-0.1, -0.05) is 34.1 Å². The molecule has 2 aliphatic rings. The Morgan fingerprint density at radius 1 is 1.00 bits per heavy atom. The molecule has 0 amide bonds. The van der Waals surface area contributed by atoms with Gasteiger partial charge in [-0.3, -0.25) is 4.90 Å². The Labute approximate surface area is 151 Å². The van der Waals surface area contributed by atoms with Gasteiger partial charge < -0.3 is 4.90 Å². The van der Waals surface area contributed by atoms with E-state index in [9.17, 15) is 4.39 Å². The highest BCUT2D eigenvalue weighted by Crippen LogP contribution is 2.34. The van der Waals surface area contributed by atoms with Crippen LogP contribution in [-0.2, 0) is 13.0 Å². The van der Waals surface area contributed by atoms with Crippen LogP contribution in [0, 0.1) is 5.82 Å². The number of fused-ring (bicyclic) bond motifs is 1. The smallest absolute Gasteiger partial charge is 0.123 e. The molecule has 126 valence electrons. The summed E-state index contributed by atoms with van der Waals surface area (Å²) in [5.41, 5.74) is 4.10. The second kappa shape index (κ2) is 6.85. The first-order chi connectivity index (χ1) is 11.7. The van der Waals surface area contributed by atoms with Gasteiger partial charge in [-0.2, -0.15) is 0 Å². The van der Waals surface area contributed by atoms with E-state index in [1.807, 2.05) is 12.1 Å². The lowest BCUT2D eigenvalue weighted by molar-refractivity contribution is 0.202. The van der Waals surface area contributed by atoms with Crippen molar-refractivity contribution in [1.82, 2.24) is 4.90 Å². The molecule has 2 heterocycles. The average Bonchev–Trinajstić information content (AvgIpc) is 3.01. The SMILES string of the molecule is Fc1ccc(CN2CCC(N3CCc4ccc(Br)cc43)CC2)cc1. The highest BCUT2D eigenvalue weighted by molar-refractivity contribution is 9.10. The van der Waals surface area contributed by atoms with Gasteiger partial charge >= 0.3 is 0 Å². The van der Waals surface area contributed by atoms with Crippen molar-refractivity contribution in [1.29, 1.82) is 0 Å². The van der Waals surface area contributed by atoms with Crippen LogP contribution in [0.2, 0.25) is 0 Å². The maximum absolute atomic E-state index is 13.0. The number of halogens is 2. The molecular formula is C20H22BrFN2. The third-order valence-corrected chi connectivity index (χ3v) is 5.79. The zero-order valence-electron chi connectivity index (χ0n) is 13.7. The van der Waals surface area contributed by atoms with E-state index < -0.39 is 0 Å². The van der Waals surface area contributed by atoms with Crippen LogP contribution >= 0.6 is 15.9 Å². The van der Waals surface area contributed by atoms with Crippen LogP contribution in [0.3, 0.4) is 0 Å². The van der Waals surface area contributed by atoms with E-state index in [0.29, 0.717) is 6.04 Å². The normalized spacial score (nSPS) is 18.8. The van der Waals surface area contributed by atoms with Crippen LogP contribution in [0.25, 0.3) is 0 Å². The number of hydrogen-bond acceptors (Lipinski definition) is 2. The summed E-state index contributed by atoms with van der Waals surface area (Å²) in [6.45, 7) is 4.30. The third kappa shape index (κ3) is 3.35. The lowest BCUT2D eigenvalue weighted by atomic mass is 10.0. The molecule has 0 atom stereocenters. The summed E-state index contributed by atoms with van der Waals surface area (Å²) in [7, 11) is 0. The number of hydrogen-bond donors (Lipinski definition) is 0. The summed E-state index contributed by atoms with van der Waals surface area (Å²) in [5, 5.41) is 0. The number of anilines is 1. The first kappa shape index (κ1) is 16.1. The Morgan fingerprint density at radius 2 is 1.75 bits per heavy atom. The van der Waals surface area contributed by atoms with Gasteiger partial charge in [0.15, 0.2) is 0 Å². The zero-order valence-corrected chi connectivity index (χ0v) is 15.3. The molecule has 24 heavy (non-hydrogen) atoms. The first-order valence-electron chi connectivity index (χ1n) is 8.71. The lowest BCUT2D eigenvalue weighted by Gasteiger charge is -2.38. The molecule has 2 aromatic rings. The molecule has 0 bridgehead atoms. The fourth-order valence-electron chi connectivity index (χ4n) is 3.99. The van der Waals surface area contributed by atoms with Crippen LogP contribution in [0.1, 0.15) is 24.0 Å². The Hall–Kier alpha value is -1.39. The topological polar surface area (TPSA) is 6.48 Å². The Morgan fingerprint density at radius 3 is 2.50 bits per heavy atom. The second-order valence-corrected chi connectivity index (χ2v) is 7.77. The molecule has 2 nitrogen and oxygen atoms in total. The Kier molecular flexibility index (Phi) is 4.59. The van der Waals surface area contributed by atoms with Crippen LogP contribution < -0.4 is 4.90 Å². The number of benzene rings is 2. The quantitative estimate of drug-likeness (QED) is 0.756. The van der Waals surface area contributed by atoms with Crippen molar-refractivity contribution in [2.75, 3.05) is 24.5 Å². The minimum atomic E-state index is -0.156.